The molecule has 2 N–H and O–H groups in total. The summed E-state index contributed by atoms with van der Waals surface area (Å²) >= 11 is 8.00. The second-order valence-corrected chi connectivity index (χ2v) is 7.18. The van der Waals surface area contributed by atoms with E-state index in [0.717, 1.165) is 68.7 Å². The first kappa shape index (κ1) is 17.5. The number of thiophene rings is 1. The van der Waals surface area contributed by atoms with E-state index in [0.29, 0.717) is 5.92 Å². The van der Waals surface area contributed by atoms with Crippen molar-refractivity contribution in [3.05, 3.63) is 16.3 Å². The number of ether oxygens (including phenoxy) is 1. The summed E-state index contributed by atoms with van der Waals surface area (Å²) in [5.41, 5.74) is 2.97. The molecule has 4 rings (SSSR count). The molecule has 1 saturated heterocycles. The lowest BCUT2D eigenvalue weighted by Gasteiger charge is -2.07. The summed E-state index contributed by atoms with van der Waals surface area (Å²) in [6.45, 7) is 10.6. The van der Waals surface area contributed by atoms with Crippen molar-refractivity contribution in [3.63, 3.8) is 0 Å². The Hall–Kier alpha value is -1.37. The lowest BCUT2D eigenvalue weighted by Crippen LogP contribution is -2.14. The molecular formula is C17H23ClN4OS. The maximum atomic E-state index is 6.35. The first-order valence-electron chi connectivity index (χ1n) is 8.40. The van der Waals surface area contributed by atoms with Crippen LogP contribution in [0, 0.1) is 19.8 Å². The van der Waals surface area contributed by atoms with Gasteiger partial charge in [0.2, 0.25) is 0 Å². The van der Waals surface area contributed by atoms with Gasteiger partial charge in [0.25, 0.3) is 0 Å². The van der Waals surface area contributed by atoms with Gasteiger partial charge >= 0.3 is 0 Å². The highest BCUT2D eigenvalue weighted by molar-refractivity contribution is 7.26. The standard InChI is InChI=1S/C15H17ClN4OS.C2H6/c1-7-10-12-13(22-15(10)18-8(2)11(7)16)14(20-19-12)17-5-9-3-4-21-6-9;1-2/h9H,3-6H2,1-2H3,(H2,17,19,20);1-2H3. The summed E-state index contributed by atoms with van der Waals surface area (Å²) in [6, 6.07) is 0. The number of aryl methyl sites for hydroxylation is 2. The molecular weight excluding hydrogens is 344 g/mol. The van der Waals surface area contributed by atoms with E-state index in [1.165, 1.54) is 0 Å². The minimum absolute atomic E-state index is 0.567. The van der Waals surface area contributed by atoms with Gasteiger partial charge in [-0.2, -0.15) is 5.10 Å². The van der Waals surface area contributed by atoms with Gasteiger partial charge in [0, 0.05) is 24.5 Å². The Morgan fingerprint density at radius 3 is 2.88 bits per heavy atom. The van der Waals surface area contributed by atoms with Crippen LogP contribution in [0.5, 0.6) is 0 Å². The highest BCUT2D eigenvalue weighted by Gasteiger charge is 2.20. The molecule has 0 spiro atoms. The van der Waals surface area contributed by atoms with Crippen molar-refractivity contribution in [1.29, 1.82) is 0 Å². The van der Waals surface area contributed by atoms with E-state index in [9.17, 15) is 0 Å². The normalized spacial score (nSPS) is 17.3. The molecule has 1 unspecified atom stereocenters. The number of hydrogen-bond acceptors (Lipinski definition) is 5. The van der Waals surface area contributed by atoms with Gasteiger partial charge in [-0.15, -0.1) is 11.3 Å². The predicted molar refractivity (Wildman–Crippen MR) is 103 cm³/mol. The van der Waals surface area contributed by atoms with Crippen LogP contribution in [0.3, 0.4) is 0 Å². The summed E-state index contributed by atoms with van der Waals surface area (Å²) in [6.07, 6.45) is 1.11. The van der Waals surface area contributed by atoms with Crippen molar-refractivity contribution in [1.82, 2.24) is 15.2 Å². The number of pyridine rings is 1. The van der Waals surface area contributed by atoms with Crippen LogP contribution in [0.1, 0.15) is 31.5 Å². The van der Waals surface area contributed by atoms with E-state index in [4.69, 9.17) is 16.3 Å². The fourth-order valence-electron chi connectivity index (χ4n) is 2.97. The molecule has 1 aliphatic rings. The number of halogens is 1. The molecule has 24 heavy (non-hydrogen) atoms. The highest BCUT2D eigenvalue weighted by Crippen LogP contribution is 2.39. The second kappa shape index (κ2) is 7.25. The van der Waals surface area contributed by atoms with Gasteiger partial charge in [-0.3, -0.25) is 5.10 Å². The third kappa shape index (κ3) is 2.98. The molecule has 0 bridgehead atoms. The summed E-state index contributed by atoms with van der Waals surface area (Å²) < 4.78 is 6.53. The Balaban J connectivity index is 0.000000815. The van der Waals surface area contributed by atoms with Crippen molar-refractivity contribution in [2.45, 2.75) is 34.1 Å². The lowest BCUT2D eigenvalue weighted by molar-refractivity contribution is 0.187. The number of aromatic amines is 1. The number of H-pyrrole nitrogens is 1. The van der Waals surface area contributed by atoms with Gasteiger partial charge < -0.3 is 10.1 Å². The van der Waals surface area contributed by atoms with E-state index in [-0.39, 0.29) is 0 Å². The van der Waals surface area contributed by atoms with Gasteiger partial charge in [0.1, 0.15) is 4.83 Å². The van der Waals surface area contributed by atoms with Crippen molar-refractivity contribution in [2.75, 3.05) is 25.1 Å². The number of nitrogens with one attached hydrogen (secondary N) is 2. The molecule has 0 saturated carbocycles. The number of fused-ring (bicyclic) bond motifs is 3. The van der Waals surface area contributed by atoms with Crippen LogP contribution in [0.15, 0.2) is 0 Å². The van der Waals surface area contributed by atoms with E-state index < -0.39 is 0 Å². The Bertz CT molecular complexity index is 851. The van der Waals surface area contributed by atoms with Crippen LogP contribution in [-0.2, 0) is 4.74 Å². The van der Waals surface area contributed by atoms with Gasteiger partial charge in [0.15, 0.2) is 5.82 Å². The van der Waals surface area contributed by atoms with Crippen LogP contribution in [0.4, 0.5) is 5.82 Å². The quantitative estimate of drug-likeness (QED) is 0.690. The lowest BCUT2D eigenvalue weighted by atomic mass is 10.1. The monoisotopic (exact) mass is 366 g/mol. The molecule has 3 aromatic heterocycles. The number of aromatic nitrogens is 3. The van der Waals surface area contributed by atoms with E-state index >= 15 is 0 Å². The average Bonchev–Trinajstić information content (AvgIpc) is 3.29. The number of rotatable bonds is 3. The first-order valence-corrected chi connectivity index (χ1v) is 9.59. The number of nitrogens with zero attached hydrogens (tertiary/aromatic N) is 2. The minimum Gasteiger partial charge on any atom is -0.381 e. The molecule has 5 nitrogen and oxygen atoms in total. The molecule has 1 atom stereocenters. The van der Waals surface area contributed by atoms with Gasteiger partial charge in [-0.1, -0.05) is 25.4 Å². The third-order valence-electron chi connectivity index (χ3n) is 4.26. The molecule has 0 aliphatic carbocycles. The summed E-state index contributed by atoms with van der Waals surface area (Å²) in [5, 5.41) is 12.8. The zero-order valence-electron chi connectivity index (χ0n) is 14.5. The second-order valence-electron chi connectivity index (χ2n) is 5.81. The van der Waals surface area contributed by atoms with Crippen molar-refractivity contribution in [3.8, 4) is 0 Å². The predicted octanol–water partition coefficient (Wildman–Crippen LogP) is 4.92. The Morgan fingerprint density at radius 1 is 1.38 bits per heavy atom. The Morgan fingerprint density at radius 2 is 2.17 bits per heavy atom. The molecule has 7 heteroatoms. The zero-order chi connectivity index (χ0) is 17.3. The number of hydrogen-bond donors (Lipinski definition) is 2. The molecule has 4 heterocycles. The molecule has 1 aliphatic heterocycles. The van der Waals surface area contributed by atoms with Gasteiger partial charge in [-0.05, 0) is 25.8 Å². The number of anilines is 1. The van der Waals surface area contributed by atoms with Crippen molar-refractivity contribution in [2.24, 2.45) is 5.92 Å². The Kier molecular flexibility index (Phi) is 5.27. The van der Waals surface area contributed by atoms with Gasteiger partial charge in [-0.25, -0.2) is 4.98 Å². The molecule has 0 radical (unpaired) electrons. The van der Waals surface area contributed by atoms with Crippen molar-refractivity contribution < 1.29 is 4.74 Å². The molecule has 0 aromatic carbocycles. The minimum atomic E-state index is 0.567. The first-order chi connectivity index (χ1) is 11.6. The van der Waals surface area contributed by atoms with E-state index in [1.807, 2.05) is 27.7 Å². The fraction of sp³-hybridized carbons (Fsp3) is 0.529. The SMILES string of the molecule is CC.Cc1nc2sc3c(NCC4CCOC4)n[nH]c3c2c(C)c1Cl. The van der Waals surface area contributed by atoms with Crippen LogP contribution < -0.4 is 5.32 Å². The summed E-state index contributed by atoms with van der Waals surface area (Å²) in [4.78, 5) is 5.62. The van der Waals surface area contributed by atoms with Crippen LogP contribution in [0.25, 0.3) is 20.4 Å². The Labute approximate surface area is 150 Å². The average molecular weight is 367 g/mol. The van der Waals surface area contributed by atoms with Crippen LogP contribution in [0.2, 0.25) is 5.02 Å². The topological polar surface area (TPSA) is 62.8 Å². The summed E-state index contributed by atoms with van der Waals surface area (Å²) in [7, 11) is 0. The smallest absolute Gasteiger partial charge is 0.165 e. The molecule has 130 valence electrons. The summed E-state index contributed by atoms with van der Waals surface area (Å²) in [5.74, 6) is 1.47. The van der Waals surface area contributed by atoms with E-state index in [1.54, 1.807) is 11.3 Å². The van der Waals surface area contributed by atoms with Crippen LogP contribution in [-0.4, -0.2) is 34.9 Å². The van der Waals surface area contributed by atoms with Gasteiger partial charge in [0.05, 0.1) is 27.5 Å². The van der Waals surface area contributed by atoms with Crippen molar-refractivity contribution >= 4 is 49.2 Å². The molecule has 1 fully saturated rings. The zero-order valence-corrected chi connectivity index (χ0v) is 16.1. The third-order valence-corrected chi connectivity index (χ3v) is 5.90. The molecule has 0 amide bonds. The maximum Gasteiger partial charge on any atom is 0.165 e. The van der Waals surface area contributed by atoms with Crippen LogP contribution >= 0.6 is 22.9 Å². The molecule has 3 aromatic rings. The fourth-order valence-corrected chi connectivity index (χ4v) is 4.30. The largest absolute Gasteiger partial charge is 0.381 e. The highest BCUT2D eigenvalue weighted by atomic mass is 35.5. The maximum absolute atomic E-state index is 6.35. The van der Waals surface area contributed by atoms with E-state index in [2.05, 4.69) is 20.5 Å².